The molecular weight excluding hydrogens is 232 g/mol. The predicted molar refractivity (Wildman–Crippen MR) is 55.7 cm³/mol. The van der Waals surface area contributed by atoms with Crippen LogP contribution < -0.4 is 0 Å². The molecule has 0 saturated heterocycles. The van der Waals surface area contributed by atoms with Crippen molar-refractivity contribution in [1.29, 1.82) is 0 Å². The second-order valence-electron chi connectivity index (χ2n) is 2.89. The number of carbonyl (C=O) groups is 1. The maximum atomic E-state index is 10.3. The Morgan fingerprint density at radius 1 is 1.62 bits per heavy atom. The summed E-state index contributed by atoms with van der Waals surface area (Å²) >= 11 is 3.26. The van der Waals surface area contributed by atoms with Crippen LogP contribution in [-0.2, 0) is 4.79 Å². The SMILES string of the molecule is O=C(O)CCC1=CCC(=CBr)C=C1. The first-order chi connectivity index (χ1) is 6.22. The Bertz CT molecular complexity index is 287. The number of halogens is 1. The number of rotatable bonds is 3. The zero-order chi connectivity index (χ0) is 9.68. The van der Waals surface area contributed by atoms with E-state index in [-0.39, 0.29) is 6.42 Å². The Kier molecular flexibility index (Phi) is 3.96. The van der Waals surface area contributed by atoms with Crippen LogP contribution in [-0.4, -0.2) is 11.1 Å². The van der Waals surface area contributed by atoms with Crippen LogP contribution >= 0.6 is 15.9 Å². The molecule has 2 nitrogen and oxygen atoms in total. The molecule has 0 radical (unpaired) electrons. The molecule has 3 heteroatoms. The lowest BCUT2D eigenvalue weighted by Crippen LogP contribution is -1.96. The standard InChI is InChI=1S/C10H11BrO2/c11-7-9-3-1-8(2-4-9)5-6-10(12)13/h1-3,7H,4-6H2,(H,12,13). The second-order valence-corrected chi connectivity index (χ2v) is 3.35. The van der Waals surface area contributed by atoms with Crippen molar-refractivity contribution in [3.05, 3.63) is 34.4 Å². The van der Waals surface area contributed by atoms with Gasteiger partial charge in [0.2, 0.25) is 0 Å². The highest BCUT2D eigenvalue weighted by Crippen LogP contribution is 2.19. The van der Waals surface area contributed by atoms with Crippen molar-refractivity contribution in [3.63, 3.8) is 0 Å². The van der Waals surface area contributed by atoms with E-state index < -0.39 is 5.97 Å². The van der Waals surface area contributed by atoms with E-state index in [1.165, 1.54) is 5.57 Å². The molecule has 0 heterocycles. The minimum atomic E-state index is -0.740. The van der Waals surface area contributed by atoms with Crippen LogP contribution in [0.4, 0.5) is 0 Å². The Morgan fingerprint density at radius 3 is 2.85 bits per heavy atom. The lowest BCUT2D eigenvalue weighted by Gasteiger charge is -2.06. The third-order valence-corrected chi connectivity index (χ3v) is 2.47. The first-order valence-corrected chi connectivity index (χ1v) is 5.02. The summed E-state index contributed by atoms with van der Waals surface area (Å²) in [6.07, 6.45) is 7.77. The van der Waals surface area contributed by atoms with E-state index in [1.54, 1.807) is 0 Å². The fraction of sp³-hybridized carbons (Fsp3) is 0.300. The van der Waals surface area contributed by atoms with Gasteiger partial charge in [-0.3, -0.25) is 4.79 Å². The molecule has 0 atom stereocenters. The Hall–Kier alpha value is -0.830. The molecule has 0 aromatic heterocycles. The number of hydrogen-bond acceptors (Lipinski definition) is 1. The van der Waals surface area contributed by atoms with Crippen molar-refractivity contribution in [2.75, 3.05) is 0 Å². The molecule has 0 aromatic carbocycles. The molecule has 0 amide bonds. The van der Waals surface area contributed by atoms with Crippen molar-refractivity contribution in [2.45, 2.75) is 19.3 Å². The van der Waals surface area contributed by atoms with Crippen LogP contribution in [0.3, 0.4) is 0 Å². The van der Waals surface area contributed by atoms with Gasteiger partial charge < -0.3 is 5.11 Å². The minimum absolute atomic E-state index is 0.212. The maximum Gasteiger partial charge on any atom is 0.303 e. The molecule has 1 aliphatic rings. The van der Waals surface area contributed by atoms with Crippen LogP contribution in [0.15, 0.2) is 34.4 Å². The highest BCUT2D eigenvalue weighted by Gasteiger charge is 2.03. The Labute approximate surface area is 85.8 Å². The van der Waals surface area contributed by atoms with Gasteiger partial charge in [0, 0.05) is 6.42 Å². The molecule has 1 rings (SSSR count). The van der Waals surface area contributed by atoms with E-state index in [1.807, 2.05) is 17.1 Å². The van der Waals surface area contributed by atoms with E-state index in [4.69, 9.17) is 5.11 Å². The van der Waals surface area contributed by atoms with Gasteiger partial charge in [-0.15, -0.1) is 0 Å². The highest BCUT2D eigenvalue weighted by molar-refractivity contribution is 9.11. The van der Waals surface area contributed by atoms with Gasteiger partial charge in [-0.2, -0.15) is 0 Å². The monoisotopic (exact) mass is 242 g/mol. The van der Waals surface area contributed by atoms with Gasteiger partial charge >= 0.3 is 5.97 Å². The molecule has 0 unspecified atom stereocenters. The number of aliphatic carboxylic acids is 1. The van der Waals surface area contributed by atoms with Crippen LogP contribution in [0.25, 0.3) is 0 Å². The van der Waals surface area contributed by atoms with Gasteiger partial charge in [0.25, 0.3) is 0 Å². The summed E-state index contributed by atoms with van der Waals surface area (Å²) in [6.45, 7) is 0. The quantitative estimate of drug-likeness (QED) is 0.827. The van der Waals surface area contributed by atoms with E-state index in [2.05, 4.69) is 22.0 Å². The zero-order valence-electron chi connectivity index (χ0n) is 7.16. The third kappa shape index (κ3) is 3.59. The van der Waals surface area contributed by atoms with Gasteiger partial charge in [0.15, 0.2) is 0 Å². The number of carboxylic acid groups (broad SMARTS) is 1. The topological polar surface area (TPSA) is 37.3 Å². The van der Waals surface area contributed by atoms with Crippen LogP contribution in [0.2, 0.25) is 0 Å². The minimum Gasteiger partial charge on any atom is -0.481 e. The van der Waals surface area contributed by atoms with Crippen LogP contribution in [0.1, 0.15) is 19.3 Å². The molecular formula is C10H11BrO2. The summed E-state index contributed by atoms with van der Waals surface area (Å²) < 4.78 is 0. The summed E-state index contributed by atoms with van der Waals surface area (Å²) in [5, 5.41) is 8.47. The third-order valence-electron chi connectivity index (χ3n) is 1.88. The summed E-state index contributed by atoms with van der Waals surface area (Å²) in [4.78, 5) is 12.2. The molecule has 0 aromatic rings. The molecule has 70 valence electrons. The summed E-state index contributed by atoms with van der Waals surface area (Å²) in [6, 6.07) is 0. The summed E-state index contributed by atoms with van der Waals surface area (Å²) in [5.41, 5.74) is 2.32. The van der Waals surface area contributed by atoms with Gasteiger partial charge in [0.1, 0.15) is 0 Å². The van der Waals surface area contributed by atoms with E-state index in [0.29, 0.717) is 6.42 Å². The van der Waals surface area contributed by atoms with E-state index in [0.717, 1.165) is 12.0 Å². The number of carboxylic acids is 1. The van der Waals surface area contributed by atoms with Crippen molar-refractivity contribution < 1.29 is 9.90 Å². The highest BCUT2D eigenvalue weighted by atomic mass is 79.9. The van der Waals surface area contributed by atoms with E-state index in [9.17, 15) is 4.79 Å². The average Bonchev–Trinajstić information content (AvgIpc) is 2.15. The first kappa shape index (κ1) is 10.3. The van der Waals surface area contributed by atoms with Gasteiger partial charge in [-0.05, 0) is 23.4 Å². The number of hydrogen-bond donors (Lipinski definition) is 1. The molecule has 1 aliphatic carbocycles. The second kappa shape index (κ2) is 5.02. The van der Waals surface area contributed by atoms with Gasteiger partial charge in [-0.25, -0.2) is 0 Å². The lowest BCUT2D eigenvalue weighted by atomic mass is 10.0. The van der Waals surface area contributed by atoms with Crippen LogP contribution in [0, 0.1) is 0 Å². The summed E-state index contributed by atoms with van der Waals surface area (Å²) in [5.74, 6) is -0.740. The predicted octanol–water partition coefficient (Wildman–Crippen LogP) is 3.02. The molecule has 0 bridgehead atoms. The zero-order valence-corrected chi connectivity index (χ0v) is 8.75. The molecule has 1 N–H and O–H groups in total. The fourth-order valence-corrected chi connectivity index (χ4v) is 1.46. The first-order valence-electron chi connectivity index (χ1n) is 4.10. The molecule has 13 heavy (non-hydrogen) atoms. The largest absolute Gasteiger partial charge is 0.481 e. The van der Waals surface area contributed by atoms with Gasteiger partial charge in [0.05, 0.1) is 0 Å². The van der Waals surface area contributed by atoms with Crippen molar-refractivity contribution in [2.24, 2.45) is 0 Å². The van der Waals surface area contributed by atoms with Crippen molar-refractivity contribution in [3.8, 4) is 0 Å². The van der Waals surface area contributed by atoms with E-state index >= 15 is 0 Å². The smallest absolute Gasteiger partial charge is 0.303 e. The molecule has 0 aliphatic heterocycles. The number of allylic oxidation sites excluding steroid dienone is 5. The van der Waals surface area contributed by atoms with Crippen LogP contribution in [0.5, 0.6) is 0 Å². The average molecular weight is 243 g/mol. The van der Waals surface area contributed by atoms with Crippen molar-refractivity contribution >= 4 is 21.9 Å². The Morgan fingerprint density at radius 2 is 2.38 bits per heavy atom. The fourth-order valence-electron chi connectivity index (χ4n) is 1.12. The maximum absolute atomic E-state index is 10.3. The van der Waals surface area contributed by atoms with Gasteiger partial charge in [-0.1, -0.05) is 39.7 Å². The Balaban J connectivity index is 2.43. The molecule has 0 fully saturated rings. The molecule has 0 spiro atoms. The molecule has 0 saturated carbocycles. The van der Waals surface area contributed by atoms with Crippen molar-refractivity contribution in [1.82, 2.24) is 0 Å². The summed E-state index contributed by atoms with van der Waals surface area (Å²) in [7, 11) is 0. The lowest BCUT2D eigenvalue weighted by molar-refractivity contribution is -0.136. The normalized spacial score (nSPS) is 18.8.